The molecule has 120 valence electrons. The quantitative estimate of drug-likeness (QED) is 0.823. The summed E-state index contributed by atoms with van der Waals surface area (Å²) in [7, 11) is 0. The van der Waals surface area contributed by atoms with Crippen molar-refractivity contribution >= 4 is 17.5 Å². The Kier molecular flexibility index (Phi) is 5.89. The van der Waals surface area contributed by atoms with Crippen LogP contribution >= 0.6 is 0 Å². The van der Waals surface area contributed by atoms with Gasteiger partial charge in [0.25, 0.3) is 0 Å². The van der Waals surface area contributed by atoms with E-state index in [0.29, 0.717) is 18.3 Å². The van der Waals surface area contributed by atoms with E-state index in [0.717, 1.165) is 25.1 Å². The molecule has 0 saturated carbocycles. The summed E-state index contributed by atoms with van der Waals surface area (Å²) in [6.45, 7) is 6.54. The van der Waals surface area contributed by atoms with Gasteiger partial charge in [-0.05, 0) is 44.5 Å². The zero-order valence-electron chi connectivity index (χ0n) is 13.3. The standard InChI is InChI=1S/C16H24N4O2/c1-3-20-9-5-4-6-13(20)10-18-15(21)16(22)19-14-11-17-8-7-12(14)2/h7-8,11,13H,3-6,9-10H2,1-2H3,(H,18,21)(H,19,22)/t13-/m1/s1. The fourth-order valence-corrected chi connectivity index (χ4v) is 2.77. The number of hydrogen-bond donors (Lipinski definition) is 2. The lowest BCUT2D eigenvalue weighted by molar-refractivity contribution is -0.136. The lowest BCUT2D eigenvalue weighted by atomic mass is 10.0. The Morgan fingerprint density at radius 2 is 2.18 bits per heavy atom. The van der Waals surface area contributed by atoms with E-state index in [9.17, 15) is 9.59 Å². The van der Waals surface area contributed by atoms with Crippen LogP contribution in [0.4, 0.5) is 5.69 Å². The smallest absolute Gasteiger partial charge is 0.313 e. The van der Waals surface area contributed by atoms with E-state index in [-0.39, 0.29) is 0 Å². The summed E-state index contributed by atoms with van der Waals surface area (Å²) >= 11 is 0. The first-order valence-electron chi connectivity index (χ1n) is 7.85. The SMILES string of the molecule is CCN1CCCC[C@@H]1CNC(=O)C(=O)Nc1cnccc1C. The molecule has 0 bridgehead atoms. The number of nitrogens with one attached hydrogen (secondary N) is 2. The fraction of sp³-hybridized carbons (Fsp3) is 0.562. The van der Waals surface area contributed by atoms with Crippen molar-refractivity contribution < 1.29 is 9.59 Å². The Balaban J connectivity index is 1.84. The van der Waals surface area contributed by atoms with Crippen molar-refractivity contribution in [3.05, 3.63) is 24.0 Å². The van der Waals surface area contributed by atoms with Crippen molar-refractivity contribution in [1.29, 1.82) is 0 Å². The van der Waals surface area contributed by atoms with Gasteiger partial charge in [0.05, 0.1) is 11.9 Å². The largest absolute Gasteiger partial charge is 0.346 e. The summed E-state index contributed by atoms with van der Waals surface area (Å²) in [5, 5.41) is 5.34. The monoisotopic (exact) mass is 304 g/mol. The summed E-state index contributed by atoms with van der Waals surface area (Å²) in [5.74, 6) is -1.24. The molecule has 1 fully saturated rings. The number of rotatable bonds is 4. The van der Waals surface area contributed by atoms with Gasteiger partial charge < -0.3 is 10.6 Å². The molecule has 0 aliphatic carbocycles. The molecule has 1 aliphatic heterocycles. The molecule has 0 radical (unpaired) electrons. The van der Waals surface area contributed by atoms with Crippen molar-refractivity contribution in [2.75, 3.05) is 25.0 Å². The molecule has 0 spiro atoms. The third-order valence-electron chi connectivity index (χ3n) is 4.15. The molecule has 0 aromatic carbocycles. The minimum atomic E-state index is -0.644. The molecular weight excluding hydrogens is 280 g/mol. The van der Waals surface area contributed by atoms with E-state index < -0.39 is 11.8 Å². The molecule has 2 rings (SSSR count). The van der Waals surface area contributed by atoms with Crippen molar-refractivity contribution in [2.45, 2.75) is 39.2 Å². The van der Waals surface area contributed by atoms with Gasteiger partial charge in [-0.1, -0.05) is 13.3 Å². The molecule has 2 amide bonds. The Morgan fingerprint density at radius 3 is 2.91 bits per heavy atom. The lowest BCUT2D eigenvalue weighted by Gasteiger charge is -2.34. The summed E-state index contributed by atoms with van der Waals surface area (Å²) in [4.78, 5) is 30.2. The van der Waals surface area contributed by atoms with Gasteiger partial charge in [-0.2, -0.15) is 0 Å². The van der Waals surface area contributed by atoms with Crippen molar-refractivity contribution in [1.82, 2.24) is 15.2 Å². The minimum Gasteiger partial charge on any atom is -0.346 e. The number of piperidine rings is 1. The second-order valence-corrected chi connectivity index (χ2v) is 5.63. The molecule has 1 aromatic heterocycles. The van der Waals surface area contributed by atoms with Crippen molar-refractivity contribution in [2.24, 2.45) is 0 Å². The van der Waals surface area contributed by atoms with Crippen LogP contribution in [0.1, 0.15) is 31.7 Å². The number of aryl methyl sites for hydroxylation is 1. The Morgan fingerprint density at radius 1 is 1.36 bits per heavy atom. The number of nitrogens with zero attached hydrogens (tertiary/aromatic N) is 2. The Labute approximate surface area is 131 Å². The number of likely N-dealkylation sites (tertiary alicyclic amines) is 1. The molecule has 1 saturated heterocycles. The van der Waals surface area contributed by atoms with Crippen molar-refractivity contribution in [3.8, 4) is 0 Å². The maximum Gasteiger partial charge on any atom is 0.313 e. The first-order valence-corrected chi connectivity index (χ1v) is 7.85. The zero-order chi connectivity index (χ0) is 15.9. The molecule has 1 aromatic rings. The van der Waals surface area contributed by atoms with Gasteiger partial charge in [-0.25, -0.2) is 0 Å². The van der Waals surface area contributed by atoms with Gasteiger partial charge in [0, 0.05) is 18.8 Å². The van der Waals surface area contributed by atoms with Crippen LogP contribution in [-0.2, 0) is 9.59 Å². The van der Waals surface area contributed by atoms with E-state index in [1.165, 1.54) is 12.8 Å². The van der Waals surface area contributed by atoms with Gasteiger partial charge in [0.2, 0.25) is 0 Å². The molecule has 2 N–H and O–H groups in total. The van der Waals surface area contributed by atoms with Crippen LogP contribution in [-0.4, -0.2) is 47.4 Å². The number of anilines is 1. The first kappa shape index (κ1) is 16.4. The number of amides is 2. The maximum atomic E-state index is 11.9. The third kappa shape index (κ3) is 4.27. The number of aromatic nitrogens is 1. The predicted octanol–water partition coefficient (Wildman–Crippen LogP) is 1.32. The molecule has 2 heterocycles. The van der Waals surface area contributed by atoms with Crippen LogP contribution in [0.3, 0.4) is 0 Å². The van der Waals surface area contributed by atoms with Gasteiger partial charge in [-0.15, -0.1) is 0 Å². The molecule has 22 heavy (non-hydrogen) atoms. The average Bonchev–Trinajstić information content (AvgIpc) is 2.54. The Bertz CT molecular complexity index is 533. The van der Waals surface area contributed by atoms with E-state index in [2.05, 4.69) is 27.4 Å². The summed E-state index contributed by atoms with van der Waals surface area (Å²) in [6, 6.07) is 2.12. The number of carbonyl (C=O) groups excluding carboxylic acids is 2. The zero-order valence-corrected chi connectivity index (χ0v) is 13.3. The summed E-state index contributed by atoms with van der Waals surface area (Å²) in [6.07, 6.45) is 6.64. The highest BCUT2D eigenvalue weighted by Gasteiger charge is 2.23. The molecule has 6 heteroatoms. The molecule has 1 atom stereocenters. The number of pyridine rings is 1. The topological polar surface area (TPSA) is 74.3 Å². The highest BCUT2D eigenvalue weighted by molar-refractivity contribution is 6.39. The number of likely N-dealkylation sites (N-methyl/N-ethyl adjacent to an activating group) is 1. The molecule has 0 unspecified atom stereocenters. The van der Waals surface area contributed by atoms with E-state index in [1.807, 2.05) is 6.92 Å². The number of carbonyl (C=O) groups is 2. The second kappa shape index (κ2) is 7.89. The van der Waals surface area contributed by atoms with Crippen LogP contribution in [0.25, 0.3) is 0 Å². The first-order chi connectivity index (χ1) is 10.6. The third-order valence-corrected chi connectivity index (χ3v) is 4.15. The van der Waals surface area contributed by atoms with Crippen LogP contribution in [0.15, 0.2) is 18.5 Å². The highest BCUT2D eigenvalue weighted by Crippen LogP contribution is 2.15. The van der Waals surface area contributed by atoms with E-state index in [1.54, 1.807) is 18.5 Å². The van der Waals surface area contributed by atoms with E-state index in [4.69, 9.17) is 0 Å². The molecule has 1 aliphatic rings. The van der Waals surface area contributed by atoms with E-state index >= 15 is 0 Å². The normalized spacial score (nSPS) is 18.7. The van der Waals surface area contributed by atoms with Crippen LogP contribution in [0, 0.1) is 6.92 Å². The second-order valence-electron chi connectivity index (χ2n) is 5.63. The van der Waals surface area contributed by atoms with Crippen molar-refractivity contribution in [3.63, 3.8) is 0 Å². The lowest BCUT2D eigenvalue weighted by Crippen LogP contribution is -2.48. The minimum absolute atomic E-state index is 0.329. The predicted molar refractivity (Wildman–Crippen MR) is 85.5 cm³/mol. The highest BCUT2D eigenvalue weighted by atomic mass is 16.2. The van der Waals surface area contributed by atoms with Crippen LogP contribution in [0.5, 0.6) is 0 Å². The summed E-state index contributed by atoms with van der Waals surface area (Å²) < 4.78 is 0. The number of hydrogen-bond acceptors (Lipinski definition) is 4. The maximum absolute atomic E-state index is 11.9. The van der Waals surface area contributed by atoms with Gasteiger partial charge in [0.1, 0.15) is 0 Å². The Hall–Kier alpha value is -1.95. The molecule has 6 nitrogen and oxygen atoms in total. The van der Waals surface area contributed by atoms with Gasteiger partial charge in [0.15, 0.2) is 0 Å². The van der Waals surface area contributed by atoms with Gasteiger partial charge in [-0.3, -0.25) is 19.5 Å². The molecular formula is C16H24N4O2. The summed E-state index contributed by atoms with van der Waals surface area (Å²) in [5.41, 5.74) is 1.44. The van der Waals surface area contributed by atoms with Crippen LogP contribution in [0.2, 0.25) is 0 Å². The average molecular weight is 304 g/mol. The van der Waals surface area contributed by atoms with Crippen LogP contribution < -0.4 is 10.6 Å². The van der Waals surface area contributed by atoms with Gasteiger partial charge >= 0.3 is 11.8 Å². The fourth-order valence-electron chi connectivity index (χ4n) is 2.77.